The van der Waals surface area contributed by atoms with Crippen LogP contribution in [0.25, 0.3) is 10.9 Å². The largest absolute Gasteiger partial charge is 0.338 e. The van der Waals surface area contributed by atoms with E-state index in [4.69, 9.17) is 17.4 Å². The number of nitrogens with zero attached hydrogens (tertiary/aromatic N) is 1. The van der Waals surface area contributed by atoms with Crippen LogP contribution in [-0.4, -0.2) is 16.4 Å². The van der Waals surface area contributed by atoms with E-state index >= 15 is 0 Å². The second kappa shape index (κ2) is 5.14. The molecule has 0 radical (unpaired) electrons. The average molecular weight is 272 g/mol. The molecule has 0 aliphatic heterocycles. The molecule has 0 saturated carbocycles. The summed E-state index contributed by atoms with van der Waals surface area (Å²) in [5, 5.41) is -2.58. The van der Waals surface area contributed by atoms with Gasteiger partial charge in [0.2, 0.25) is 0 Å². The van der Waals surface area contributed by atoms with Crippen LogP contribution in [0.1, 0.15) is 5.56 Å². The summed E-state index contributed by atoms with van der Waals surface area (Å²) in [6, 6.07) is 7.69. The van der Waals surface area contributed by atoms with Gasteiger partial charge < -0.3 is 0 Å². The SMILES string of the molecule is NNC(Cc1ccnc2ccccc12)C(F)(F)Cl. The number of alkyl halides is 3. The van der Waals surface area contributed by atoms with E-state index in [-0.39, 0.29) is 6.42 Å². The number of hydrogen-bond donors (Lipinski definition) is 2. The van der Waals surface area contributed by atoms with E-state index in [1.807, 2.05) is 24.3 Å². The zero-order valence-electron chi connectivity index (χ0n) is 9.41. The summed E-state index contributed by atoms with van der Waals surface area (Å²) in [4.78, 5) is 4.17. The van der Waals surface area contributed by atoms with Crippen LogP contribution < -0.4 is 11.3 Å². The molecule has 0 bridgehead atoms. The molecule has 6 heteroatoms. The maximum absolute atomic E-state index is 13.1. The summed E-state index contributed by atoms with van der Waals surface area (Å²) in [6.07, 6.45) is 1.60. The number of rotatable bonds is 4. The number of pyridine rings is 1. The third kappa shape index (κ3) is 2.75. The standard InChI is InChI=1S/C12H12ClF2N3/c13-12(14,15)11(18-16)7-8-5-6-17-10-4-2-1-3-9(8)10/h1-6,11,18H,7,16H2. The molecule has 0 saturated heterocycles. The molecule has 1 aromatic carbocycles. The second-order valence-corrected chi connectivity index (χ2v) is 4.46. The molecule has 0 spiro atoms. The molecule has 1 heterocycles. The van der Waals surface area contributed by atoms with Crippen molar-refractivity contribution in [2.24, 2.45) is 5.84 Å². The molecular weight excluding hydrogens is 260 g/mol. The minimum atomic E-state index is -3.40. The smallest absolute Gasteiger partial charge is 0.271 e. The zero-order chi connectivity index (χ0) is 13.2. The zero-order valence-corrected chi connectivity index (χ0v) is 10.2. The Labute approximate surface area is 108 Å². The molecule has 1 unspecified atom stereocenters. The number of halogens is 3. The van der Waals surface area contributed by atoms with E-state index in [1.165, 1.54) is 0 Å². The summed E-state index contributed by atoms with van der Waals surface area (Å²) >= 11 is 5.01. The van der Waals surface area contributed by atoms with Crippen LogP contribution in [0.15, 0.2) is 36.5 Å². The van der Waals surface area contributed by atoms with Gasteiger partial charge in [0.05, 0.1) is 5.52 Å². The molecule has 96 valence electrons. The van der Waals surface area contributed by atoms with Crippen LogP contribution in [0.5, 0.6) is 0 Å². The molecule has 0 fully saturated rings. The topological polar surface area (TPSA) is 50.9 Å². The van der Waals surface area contributed by atoms with Crippen molar-refractivity contribution in [2.75, 3.05) is 0 Å². The number of hydrazine groups is 1. The molecule has 3 nitrogen and oxygen atoms in total. The van der Waals surface area contributed by atoms with Crippen molar-refractivity contribution >= 4 is 22.5 Å². The maximum atomic E-state index is 13.1. The summed E-state index contributed by atoms with van der Waals surface area (Å²) in [6.45, 7) is 0. The lowest BCUT2D eigenvalue weighted by molar-refractivity contribution is 0.0504. The maximum Gasteiger partial charge on any atom is 0.338 e. The molecule has 1 atom stereocenters. The van der Waals surface area contributed by atoms with E-state index in [9.17, 15) is 8.78 Å². The average Bonchev–Trinajstić information content (AvgIpc) is 2.34. The molecule has 0 aliphatic carbocycles. The fourth-order valence-corrected chi connectivity index (χ4v) is 1.96. The molecule has 1 aromatic heterocycles. The Morgan fingerprint density at radius 3 is 2.72 bits per heavy atom. The number of para-hydroxylation sites is 1. The Hall–Kier alpha value is -1.30. The van der Waals surface area contributed by atoms with Crippen molar-refractivity contribution in [3.63, 3.8) is 0 Å². The van der Waals surface area contributed by atoms with Crippen molar-refractivity contribution in [2.45, 2.75) is 17.8 Å². The van der Waals surface area contributed by atoms with Crippen LogP contribution in [0, 0.1) is 0 Å². The van der Waals surface area contributed by atoms with Crippen LogP contribution in [0.4, 0.5) is 8.78 Å². The van der Waals surface area contributed by atoms with Gasteiger partial charge in [0.1, 0.15) is 6.04 Å². The predicted octanol–water partition coefficient (Wildman–Crippen LogP) is 2.44. The normalized spacial score (nSPS) is 13.8. The van der Waals surface area contributed by atoms with E-state index in [2.05, 4.69) is 10.4 Å². The summed E-state index contributed by atoms with van der Waals surface area (Å²) in [7, 11) is 0. The fourth-order valence-electron chi connectivity index (χ4n) is 1.82. The minimum Gasteiger partial charge on any atom is -0.271 e. The first kappa shape index (κ1) is 13.1. The van der Waals surface area contributed by atoms with Gasteiger partial charge in [-0.2, -0.15) is 8.78 Å². The highest BCUT2D eigenvalue weighted by atomic mass is 35.5. The van der Waals surface area contributed by atoms with Crippen molar-refractivity contribution in [1.29, 1.82) is 0 Å². The summed E-state index contributed by atoms with van der Waals surface area (Å²) < 4.78 is 26.2. The van der Waals surface area contributed by atoms with Gasteiger partial charge in [0, 0.05) is 11.6 Å². The summed E-state index contributed by atoms with van der Waals surface area (Å²) in [5.74, 6) is 5.12. The second-order valence-electron chi connectivity index (χ2n) is 3.95. The molecule has 0 aliphatic rings. The summed E-state index contributed by atoms with van der Waals surface area (Å²) in [5.41, 5.74) is 3.53. The number of benzene rings is 1. The number of nitrogens with one attached hydrogen (secondary N) is 1. The van der Waals surface area contributed by atoms with Crippen LogP contribution in [-0.2, 0) is 6.42 Å². The third-order valence-electron chi connectivity index (χ3n) is 2.76. The lowest BCUT2D eigenvalue weighted by Gasteiger charge is -2.21. The lowest BCUT2D eigenvalue weighted by atomic mass is 10.0. The van der Waals surface area contributed by atoms with E-state index in [0.717, 1.165) is 16.5 Å². The number of aromatic nitrogens is 1. The van der Waals surface area contributed by atoms with Gasteiger partial charge in [-0.1, -0.05) is 18.2 Å². The predicted molar refractivity (Wildman–Crippen MR) is 67.4 cm³/mol. The van der Waals surface area contributed by atoms with Gasteiger partial charge in [0.25, 0.3) is 0 Å². The highest BCUT2D eigenvalue weighted by molar-refractivity contribution is 6.22. The van der Waals surface area contributed by atoms with Crippen LogP contribution >= 0.6 is 11.6 Å². The van der Waals surface area contributed by atoms with Gasteiger partial charge in [-0.15, -0.1) is 0 Å². The van der Waals surface area contributed by atoms with E-state index < -0.39 is 11.4 Å². The minimum absolute atomic E-state index is 0.0238. The van der Waals surface area contributed by atoms with E-state index in [0.29, 0.717) is 0 Å². The van der Waals surface area contributed by atoms with Crippen molar-refractivity contribution in [1.82, 2.24) is 10.4 Å². The number of fused-ring (bicyclic) bond motifs is 1. The van der Waals surface area contributed by atoms with Crippen molar-refractivity contribution in [3.8, 4) is 0 Å². The lowest BCUT2D eigenvalue weighted by Crippen LogP contribution is -2.46. The highest BCUT2D eigenvalue weighted by Crippen LogP contribution is 2.27. The Bertz CT molecular complexity index is 537. The Balaban J connectivity index is 2.37. The van der Waals surface area contributed by atoms with Crippen LogP contribution in [0.3, 0.4) is 0 Å². The van der Waals surface area contributed by atoms with Gasteiger partial charge in [-0.05, 0) is 35.7 Å². The monoisotopic (exact) mass is 271 g/mol. The first-order valence-corrected chi connectivity index (χ1v) is 5.75. The highest BCUT2D eigenvalue weighted by Gasteiger charge is 2.36. The Morgan fingerprint density at radius 2 is 2.06 bits per heavy atom. The third-order valence-corrected chi connectivity index (χ3v) is 3.02. The van der Waals surface area contributed by atoms with Gasteiger partial charge in [-0.3, -0.25) is 10.8 Å². The first-order valence-electron chi connectivity index (χ1n) is 5.38. The van der Waals surface area contributed by atoms with Crippen molar-refractivity contribution < 1.29 is 8.78 Å². The molecule has 3 N–H and O–H groups in total. The first-order chi connectivity index (χ1) is 8.52. The van der Waals surface area contributed by atoms with Gasteiger partial charge in [0.15, 0.2) is 0 Å². The quantitative estimate of drug-likeness (QED) is 0.510. The Morgan fingerprint density at radius 1 is 1.33 bits per heavy atom. The number of nitrogens with two attached hydrogens (primary N) is 1. The van der Waals surface area contributed by atoms with Gasteiger partial charge >= 0.3 is 5.38 Å². The molecule has 2 aromatic rings. The molecular formula is C12H12ClF2N3. The van der Waals surface area contributed by atoms with E-state index in [1.54, 1.807) is 12.3 Å². The number of hydrogen-bond acceptors (Lipinski definition) is 3. The van der Waals surface area contributed by atoms with Crippen molar-refractivity contribution in [3.05, 3.63) is 42.1 Å². The Kier molecular flexibility index (Phi) is 3.75. The fraction of sp³-hybridized carbons (Fsp3) is 0.250. The van der Waals surface area contributed by atoms with Gasteiger partial charge in [-0.25, -0.2) is 5.43 Å². The molecule has 0 amide bonds. The van der Waals surface area contributed by atoms with Crippen LogP contribution in [0.2, 0.25) is 0 Å². The molecule has 2 rings (SSSR count). The molecule has 18 heavy (non-hydrogen) atoms.